The highest BCUT2D eigenvalue weighted by Gasteiger charge is 2.36. The van der Waals surface area contributed by atoms with Crippen molar-refractivity contribution in [3.8, 4) is 17.6 Å². The van der Waals surface area contributed by atoms with Gasteiger partial charge in [-0.1, -0.05) is 17.9 Å². The van der Waals surface area contributed by atoms with Crippen molar-refractivity contribution in [2.24, 2.45) is 0 Å². The predicted molar refractivity (Wildman–Crippen MR) is 128 cm³/mol. The molecule has 0 saturated heterocycles. The maximum absolute atomic E-state index is 13.0. The van der Waals surface area contributed by atoms with Gasteiger partial charge in [0.2, 0.25) is 0 Å². The van der Waals surface area contributed by atoms with Gasteiger partial charge in [-0.2, -0.15) is 26.3 Å². The number of carboxylic acid groups (broad SMARTS) is 1. The van der Waals surface area contributed by atoms with Gasteiger partial charge in [0.1, 0.15) is 12.4 Å². The van der Waals surface area contributed by atoms with Crippen LogP contribution in [0.2, 0.25) is 0 Å². The second-order valence-corrected chi connectivity index (χ2v) is 8.66. The first-order valence-corrected chi connectivity index (χ1v) is 11.5. The van der Waals surface area contributed by atoms with Crippen LogP contribution in [0.3, 0.4) is 0 Å². The Hall–Kier alpha value is -2.72. The third-order valence-electron chi connectivity index (χ3n) is 4.68. The fourth-order valence-corrected chi connectivity index (χ4v) is 3.66. The minimum atomic E-state index is -4.94. The molecule has 2 aromatic rings. The molecule has 0 heterocycles. The summed E-state index contributed by atoms with van der Waals surface area (Å²) in [4.78, 5) is 11.2. The molecule has 36 heavy (non-hydrogen) atoms. The molecule has 0 amide bonds. The molecule has 194 valence electrons. The SMILES string of the molecule is CCO[C@@H](Cc1ccc(OCC=C(C)C#Cc2cc(C(F)(F)F)cc(C(F)(F)F)c2)c(I)c1)C(=O)O. The molecule has 11 heteroatoms. The molecule has 1 atom stereocenters. The Morgan fingerprint density at radius 3 is 2.19 bits per heavy atom. The average Bonchev–Trinajstić information content (AvgIpc) is 2.77. The van der Waals surface area contributed by atoms with E-state index in [0.717, 1.165) is 5.56 Å². The molecule has 4 nitrogen and oxygen atoms in total. The Bertz CT molecular complexity index is 1140. The number of benzene rings is 2. The number of carboxylic acids is 1. The van der Waals surface area contributed by atoms with Crippen molar-refractivity contribution < 1.29 is 45.7 Å². The number of alkyl halides is 6. The number of rotatable bonds is 8. The van der Waals surface area contributed by atoms with Gasteiger partial charge in [0.15, 0.2) is 6.10 Å². The first kappa shape index (κ1) is 29.5. The van der Waals surface area contributed by atoms with Crippen molar-refractivity contribution >= 4 is 28.6 Å². The smallest absolute Gasteiger partial charge is 0.416 e. The topological polar surface area (TPSA) is 55.8 Å². The molecule has 0 aliphatic rings. The summed E-state index contributed by atoms with van der Waals surface area (Å²) >= 11 is 2.03. The highest BCUT2D eigenvalue weighted by atomic mass is 127. The molecule has 2 aromatic carbocycles. The summed E-state index contributed by atoms with van der Waals surface area (Å²) < 4.78 is 89.4. The van der Waals surface area contributed by atoms with Gasteiger partial charge in [0.25, 0.3) is 0 Å². The summed E-state index contributed by atoms with van der Waals surface area (Å²) in [6.07, 6.45) is -9.14. The lowest BCUT2D eigenvalue weighted by molar-refractivity contribution is -0.150. The maximum atomic E-state index is 13.0. The van der Waals surface area contributed by atoms with Crippen LogP contribution in [-0.4, -0.2) is 30.4 Å². The standard InChI is InChI=1S/C25H21F6IO4/c1-3-35-22(23(33)34)13-17-6-7-21(20(32)12-17)36-9-8-15(2)4-5-16-10-18(24(26,27)28)14-19(11-16)25(29,30)31/h6-8,10-12,14,22H,3,9,13H2,1-2H3,(H,33,34)/t22-/m0/s1. The minimum Gasteiger partial charge on any atom is -0.488 e. The van der Waals surface area contributed by atoms with E-state index in [4.69, 9.17) is 9.47 Å². The summed E-state index contributed by atoms with van der Waals surface area (Å²) in [5.74, 6) is 4.32. The van der Waals surface area contributed by atoms with E-state index in [2.05, 4.69) is 11.8 Å². The van der Waals surface area contributed by atoms with Crippen molar-refractivity contribution in [1.29, 1.82) is 0 Å². The van der Waals surface area contributed by atoms with Gasteiger partial charge in [-0.25, -0.2) is 4.79 Å². The van der Waals surface area contributed by atoms with Crippen LogP contribution in [0.1, 0.15) is 36.1 Å². The summed E-state index contributed by atoms with van der Waals surface area (Å²) in [7, 11) is 0. The van der Waals surface area contributed by atoms with Crippen molar-refractivity contribution in [3.63, 3.8) is 0 Å². The first-order valence-electron chi connectivity index (χ1n) is 10.4. The van der Waals surface area contributed by atoms with Crippen LogP contribution in [0.25, 0.3) is 0 Å². The quantitative estimate of drug-likeness (QED) is 0.201. The van der Waals surface area contributed by atoms with E-state index in [-0.39, 0.29) is 25.7 Å². The van der Waals surface area contributed by atoms with E-state index in [1.807, 2.05) is 22.6 Å². The Morgan fingerprint density at radius 1 is 1.08 bits per heavy atom. The Kier molecular flexibility index (Phi) is 10.2. The van der Waals surface area contributed by atoms with Crippen LogP contribution in [0, 0.1) is 15.4 Å². The van der Waals surface area contributed by atoms with E-state index in [1.165, 1.54) is 6.08 Å². The third kappa shape index (κ3) is 9.05. The highest BCUT2D eigenvalue weighted by molar-refractivity contribution is 14.1. The average molecular weight is 626 g/mol. The number of aliphatic carboxylic acids is 1. The zero-order valence-corrected chi connectivity index (χ0v) is 21.2. The Balaban J connectivity index is 2.11. The molecule has 1 N–H and O–H groups in total. The molecular weight excluding hydrogens is 605 g/mol. The van der Waals surface area contributed by atoms with Crippen LogP contribution in [-0.2, 0) is 28.3 Å². The predicted octanol–water partition coefficient (Wildman–Crippen LogP) is 6.74. The number of ether oxygens (including phenoxy) is 2. The molecule has 0 saturated carbocycles. The zero-order chi connectivity index (χ0) is 27.1. The molecule has 0 aliphatic heterocycles. The van der Waals surface area contributed by atoms with Crippen molar-refractivity contribution in [2.45, 2.75) is 38.7 Å². The number of allylic oxidation sites excluding steroid dienone is 1. The first-order chi connectivity index (χ1) is 16.7. The number of halogens is 7. The van der Waals surface area contributed by atoms with Crippen molar-refractivity contribution in [2.75, 3.05) is 13.2 Å². The molecule has 0 fully saturated rings. The molecule has 0 radical (unpaired) electrons. The third-order valence-corrected chi connectivity index (χ3v) is 5.52. The van der Waals surface area contributed by atoms with Gasteiger partial charge in [0.05, 0.1) is 14.7 Å². The van der Waals surface area contributed by atoms with Crippen LogP contribution in [0.4, 0.5) is 26.3 Å². The van der Waals surface area contributed by atoms with Crippen LogP contribution < -0.4 is 4.74 Å². The molecular formula is C25H21F6IO4. The zero-order valence-electron chi connectivity index (χ0n) is 19.1. The number of carbonyl (C=O) groups is 1. The molecule has 0 spiro atoms. The summed E-state index contributed by atoms with van der Waals surface area (Å²) in [5, 5.41) is 9.20. The summed E-state index contributed by atoms with van der Waals surface area (Å²) in [5.41, 5.74) is -2.15. The van der Waals surface area contributed by atoms with E-state index >= 15 is 0 Å². The van der Waals surface area contributed by atoms with Crippen LogP contribution in [0.15, 0.2) is 48.0 Å². The second-order valence-electron chi connectivity index (χ2n) is 7.49. The van der Waals surface area contributed by atoms with Crippen molar-refractivity contribution in [3.05, 3.63) is 73.9 Å². The normalized spacial score (nSPS) is 13.1. The molecule has 0 aromatic heterocycles. The van der Waals surface area contributed by atoms with E-state index in [0.29, 0.717) is 27.0 Å². The van der Waals surface area contributed by atoms with E-state index < -0.39 is 41.1 Å². The molecule has 0 aliphatic carbocycles. The number of hydrogen-bond donors (Lipinski definition) is 1. The monoisotopic (exact) mass is 626 g/mol. The fraction of sp³-hybridized carbons (Fsp3) is 0.320. The maximum Gasteiger partial charge on any atom is 0.416 e. The van der Waals surface area contributed by atoms with E-state index in [9.17, 15) is 36.2 Å². The largest absolute Gasteiger partial charge is 0.488 e. The van der Waals surface area contributed by atoms with Gasteiger partial charge in [-0.05, 0) is 84.0 Å². The fourth-order valence-electron chi connectivity index (χ4n) is 2.93. The molecule has 2 rings (SSSR count). The van der Waals surface area contributed by atoms with Crippen LogP contribution in [0.5, 0.6) is 5.75 Å². The molecule has 0 bridgehead atoms. The van der Waals surface area contributed by atoms with Crippen molar-refractivity contribution in [1.82, 2.24) is 0 Å². The highest BCUT2D eigenvalue weighted by Crippen LogP contribution is 2.36. The Morgan fingerprint density at radius 2 is 1.69 bits per heavy atom. The van der Waals surface area contributed by atoms with Crippen LogP contribution >= 0.6 is 22.6 Å². The van der Waals surface area contributed by atoms with Gasteiger partial charge in [-0.3, -0.25) is 0 Å². The Labute approximate surface area is 217 Å². The van der Waals surface area contributed by atoms with Gasteiger partial charge < -0.3 is 14.6 Å². The lowest BCUT2D eigenvalue weighted by Crippen LogP contribution is -2.26. The molecule has 0 unspecified atom stereocenters. The van der Waals surface area contributed by atoms with Gasteiger partial charge in [0, 0.05) is 18.6 Å². The lowest BCUT2D eigenvalue weighted by atomic mass is 10.0. The summed E-state index contributed by atoms with van der Waals surface area (Å²) in [6, 6.07) is 6.31. The second kappa shape index (κ2) is 12.5. The van der Waals surface area contributed by atoms with Gasteiger partial charge >= 0.3 is 18.3 Å². The minimum absolute atomic E-state index is 0.0446. The van der Waals surface area contributed by atoms with Gasteiger partial charge in [-0.15, -0.1) is 0 Å². The lowest BCUT2D eigenvalue weighted by Gasteiger charge is -2.13. The summed E-state index contributed by atoms with van der Waals surface area (Å²) in [6.45, 7) is 3.56. The van der Waals surface area contributed by atoms with E-state index in [1.54, 1.807) is 32.0 Å². The number of hydrogen-bond acceptors (Lipinski definition) is 3.